The summed E-state index contributed by atoms with van der Waals surface area (Å²) in [6.07, 6.45) is 1.69. The number of carbonyl (C=O) groups excluding carboxylic acids is 1. The second kappa shape index (κ2) is 6.82. The molecule has 1 heterocycles. The molecule has 1 amide bonds. The van der Waals surface area contributed by atoms with E-state index in [4.69, 9.17) is 5.11 Å². The summed E-state index contributed by atoms with van der Waals surface area (Å²) in [4.78, 5) is 26.1. The second-order valence-corrected chi connectivity index (χ2v) is 4.72. The van der Waals surface area contributed by atoms with Crippen LogP contribution in [0.4, 0.5) is 4.39 Å². The maximum absolute atomic E-state index is 13.2. The molecule has 0 spiro atoms. The number of rotatable bonds is 6. The van der Waals surface area contributed by atoms with Crippen molar-refractivity contribution < 1.29 is 19.1 Å². The number of hydrogen-bond donors (Lipinski definition) is 2. The summed E-state index contributed by atoms with van der Waals surface area (Å²) < 4.78 is 13.2. The highest BCUT2D eigenvalue weighted by Gasteiger charge is 2.20. The summed E-state index contributed by atoms with van der Waals surface area (Å²) in [5.41, 5.74) is -0.184. The fraction of sp³-hybridized carbons (Fsp3) is 0.462. The van der Waals surface area contributed by atoms with Gasteiger partial charge in [0, 0.05) is 12.7 Å². The first-order chi connectivity index (χ1) is 8.91. The number of nitrogens with zero attached hydrogens (tertiary/aromatic N) is 1. The lowest BCUT2D eigenvalue weighted by Crippen LogP contribution is -2.34. The third-order valence-corrected chi connectivity index (χ3v) is 2.62. The summed E-state index contributed by atoms with van der Waals surface area (Å²) in [6, 6.07) is 2.75. The first-order valence-electron chi connectivity index (χ1n) is 6.03. The molecule has 0 saturated heterocycles. The molecule has 0 bridgehead atoms. The van der Waals surface area contributed by atoms with Crippen LogP contribution >= 0.6 is 0 Å². The molecular weight excluding hydrogens is 251 g/mol. The molecule has 0 aliphatic heterocycles. The van der Waals surface area contributed by atoms with Crippen LogP contribution in [0.3, 0.4) is 0 Å². The van der Waals surface area contributed by atoms with Crippen molar-refractivity contribution in [3.05, 3.63) is 29.8 Å². The van der Waals surface area contributed by atoms with Crippen molar-refractivity contribution in [3.63, 3.8) is 0 Å². The first kappa shape index (κ1) is 15.1. The lowest BCUT2D eigenvalue weighted by molar-refractivity contribution is -0.142. The molecule has 1 unspecified atom stereocenters. The average molecular weight is 268 g/mol. The fourth-order valence-corrected chi connectivity index (χ4v) is 1.71. The van der Waals surface area contributed by atoms with Crippen molar-refractivity contribution in [2.45, 2.75) is 20.3 Å². The fourth-order valence-electron chi connectivity index (χ4n) is 1.71. The van der Waals surface area contributed by atoms with Crippen LogP contribution < -0.4 is 5.32 Å². The summed E-state index contributed by atoms with van der Waals surface area (Å²) in [5.74, 6) is -2.96. The van der Waals surface area contributed by atoms with Gasteiger partial charge in [0.15, 0.2) is 0 Å². The maximum Gasteiger partial charge on any atom is 0.308 e. The Hall–Kier alpha value is -1.98. The van der Waals surface area contributed by atoms with Crippen molar-refractivity contribution in [1.29, 1.82) is 0 Å². The van der Waals surface area contributed by atoms with E-state index in [1.165, 1.54) is 18.3 Å². The Kier molecular flexibility index (Phi) is 5.41. The number of carbonyl (C=O) groups is 2. The van der Waals surface area contributed by atoms with Crippen LogP contribution in [0.5, 0.6) is 0 Å². The molecule has 1 aromatic heterocycles. The highest BCUT2D eigenvalue weighted by molar-refractivity contribution is 5.94. The molecule has 1 aromatic rings. The number of carboxylic acid groups (broad SMARTS) is 1. The zero-order chi connectivity index (χ0) is 14.4. The Morgan fingerprint density at radius 3 is 2.68 bits per heavy atom. The van der Waals surface area contributed by atoms with Gasteiger partial charge in [0.05, 0.1) is 11.5 Å². The van der Waals surface area contributed by atoms with E-state index in [9.17, 15) is 14.0 Å². The molecule has 19 heavy (non-hydrogen) atoms. The van der Waals surface area contributed by atoms with Gasteiger partial charge >= 0.3 is 5.97 Å². The van der Waals surface area contributed by atoms with Crippen molar-refractivity contribution in [2.75, 3.05) is 6.54 Å². The zero-order valence-electron chi connectivity index (χ0n) is 10.9. The maximum atomic E-state index is 13.2. The molecule has 0 aliphatic carbocycles. The summed E-state index contributed by atoms with van der Waals surface area (Å²) in [6.45, 7) is 3.78. The Bertz CT molecular complexity index is 463. The molecule has 0 aromatic carbocycles. The van der Waals surface area contributed by atoms with E-state index in [1.807, 2.05) is 13.8 Å². The number of hydrogen-bond acceptors (Lipinski definition) is 3. The minimum absolute atomic E-state index is 0.0271. The lowest BCUT2D eigenvalue weighted by Gasteiger charge is -2.15. The van der Waals surface area contributed by atoms with Gasteiger partial charge in [-0.05, 0) is 24.5 Å². The average Bonchev–Trinajstić information content (AvgIpc) is 2.34. The largest absolute Gasteiger partial charge is 0.481 e. The van der Waals surface area contributed by atoms with E-state index in [1.54, 1.807) is 0 Å². The van der Waals surface area contributed by atoms with Gasteiger partial charge in [-0.1, -0.05) is 13.8 Å². The third-order valence-electron chi connectivity index (χ3n) is 2.62. The minimum Gasteiger partial charge on any atom is -0.481 e. The summed E-state index contributed by atoms with van der Waals surface area (Å²) in [5, 5.41) is 11.4. The quantitative estimate of drug-likeness (QED) is 0.770. The predicted molar refractivity (Wildman–Crippen MR) is 67.1 cm³/mol. The standard InChI is InChI=1S/C13H17FN2O3/c1-8(2)6-9(13(18)19)7-16-12(17)10-4-3-5-15-11(10)14/h3-5,8-9H,6-7H2,1-2H3,(H,16,17)(H,18,19). The normalized spacial score (nSPS) is 12.2. The van der Waals surface area contributed by atoms with Crippen molar-refractivity contribution in [3.8, 4) is 0 Å². The van der Waals surface area contributed by atoms with Crippen molar-refractivity contribution in [2.24, 2.45) is 11.8 Å². The Labute approximate surface area is 110 Å². The molecule has 104 valence electrons. The van der Waals surface area contributed by atoms with E-state index in [-0.39, 0.29) is 18.0 Å². The van der Waals surface area contributed by atoms with Gasteiger partial charge in [-0.3, -0.25) is 9.59 Å². The molecule has 0 aliphatic rings. The van der Waals surface area contributed by atoms with E-state index >= 15 is 0 Å². The van der Waals surface area contributed by atoms with Crippen molar-refractivity contribution >= 4 is 11.9 Å². The van der Waals surface area contributed by atoms with Gasteiger partial charge in [0.2, 0.25) is 5.95 Å². The number of nitrogens with one attached hydrogen (secondary N) is 1. The zero-order valence-corrected chi connectivity index (χ0v) is 10.9. The van der Waals surface area contributed by atoms with Crippen LogP contribution in [0.15, 0.2) is 18.3 Å². The molecule has 5 nitrogen and oxygen atoms in total. The van der Waals surface area contributed by atoms with Gasteiger partial charge in [-0.15, -0.1) is 0 Å². The van der Waals surface area contributed by atoms with E-state index in [0.717, 1.165) is 0 Å². The molecule has 1 atom stereocenters. The van der Waals surface area contributed by atoms with Gasteiger partial charge < -0.3 is 10.4 Å². The smallest absolute Gasteiger partial charge is 0.308 e. The number of aromatic nitrogens is 1. The number of pyridine rings is 1. The number of aliphatic carboxylic acids is 1. The van der Waals surface area contributed by atoms with Crippen LogP contribution in [-0.2, 0) is 4.79 Å². The van der Waals surface area contributed by atoms with Crippen LogP contribution in [0, 0.1) is 17.8 Å². The number of carboxylic acids is 1. The topological polar surface area (TPSA) is 79.3 Å². The first-order valence-corrected chi connectivity index (χ1v) is 6.03. The number of halogens is 1. The molecule has 0 fully saturated rings. The van der Waals surface area contributed by atoms with Gasteiger partial charge in [0.1, 0.15) is 0 Å². The molecule has 2 N–H and O–H groups in total. The number of amides is 1. The van der Waals surface area contributed by atoms with E-state index < -0.39 is 23.7 Å². The Morgan fingerprint density at radius 1 is 1.47 bits per heavy atom. The summed E-state index contributed by atoms with van der Waals surface area (Å²) >= 11 is 0. The lowest BCUT2D eigenvalue weighted by atomic mass is 9.97. The molecule has 0 radical (unpaired) electrons. The SMILES string of the molecule is CC(C)CC(CNC(=O)c1cccnc1F)C(=O)O. The molecule has 0 saturated carbocycles. The predicted octanol–water partition coefficient (Wildman–Crippen LogP) is 1.70. The molecule has 1 rings (SSSR count). The highest BCUT2D eigenvalue weighted by Crippen LogP contribution is 2.11. The molecular formula is C13H17FN2O3. The molecule has 6 heteroatoms. The van der Waals surface area contributed by atoms with Gasteiger partial charge in [-0.2, -0.15) is 4.39 Å². The highest BCUT2D eigenvalue weighted by atomic mass is 19.1. The monoisotopic (exact) mass is 268 g/mol. The van der Waals surface area contributed by atoms with E-state index in [2.05, 4.69) is 10.3 Å². The van der Waals surface area contributed by atoms with Crippen LogP contribution in [0.1, 0.15) is 30.6 Å². The third kappa shape index (κ3) is 4.65. The van der Waals surface area contributed by atoms with Crippen LogP contribution in [0.2, 0.25) is 0 Å². The second-order valence-electron chi connectivity index (χ2n) is 4.72. The minimum atomic E-state index is -0.972. The van der Waals surface area contributed by atoms with Gasteiger partial charge in [-0.25, -0.2) is 4.98 Å². The Balaban J connectivity index is 2.62. The van der Waals surface area contributed by atoms with Crippen LogP contribution in [-0.4, -0.2) is 28.5 Å². The Morgan fingerprint density at radius 2 is 2.16 bits per heavy atom. The van der Waals surface area contributed by atoms with Crippen molar-refractivity contribution in [1.82, 2.24) is 10.3 Å². The van der Waals surface area contributed by atoms with Crippen LogP contribution in [0.25, 0.3) is 0 Å². The summed E-state index contributed by atoms with van der Waals surface area (Å²) in [7, 11) is 0. The van der Waals surface area contributed by atoms with Gasteiger partial charge in [0.25, 0.3) is 5.91 Å². The van der Waals surface area contributed by atoms with E-state index in [0.29, 0.717) is 6.42 Å².